The lowest BCUT2D eigenvalue weighted by Gasteiger charge is -2.34. The number of carbonyl (C=O) groups excluding carboxylic acids is 3. The Kier molecular flexibility index (Phi) is 8.71. The van der Waals surface area contributed by atoms with Crippen molar-refractivity contribution in [1.82, 2.24) is 14.5 Å². The van der Waals surface area contributed by atoms with Crippen molar-refractivity contribution in [2.45, 2.75) is 76.9 Å². The van der Waals surface area contributed by atoms with Crippen molar-refractivity contribution < 1.29 is 36.0 Å². The van der Waals surface area contributed by atoms with Gasteiger partial charge in [0.05, 0.1) is 5.69 Å². The first-order valence-corrected chi connectivity index (χ1v) is 16.4. The van der Waals surface area contributed by atoms with Gasteiger partial charge in [0, 0.05) is 37.9 Å². The van der Waals surface area contributed by atoms with Crippen molar-refractivity contribution in [3.63, 3.8) is 0 Å². The summed E-state index contributed by atoms with van der Waals surface area (Å²) in [4.78, 5) is 44.9. The van der Waals surface area contributed by atoms with Crippen molar-refractivity contribution in [2.24, 2.45) is 16.8 Å². The topological polar surface area (TPSA) is 119 Å². The number of amides is 4. The fraction of sp³-hybridized carbons (Fsp3) is 0.600. The average molecular weight is 638 g/mol. The summed E-state index contributed by atoms with van der Waals surface area (Å²) in [5.41, 5.74) is 1.48. The summed E-state index contributed by atoms with van der Waals surface area (Å²) < 4.78 is 65.6. The summed E-state index contributed by atoms with van der Waals surface area (Å²) in [6, 6.07) is 2.95. The zero-order chi connectivity index (χ0) is 32.0. The molecular weight excluding hydrogens is 599 g/mol. The van der Waals surface area contributed by atoms with Gasteiger partial charge in [0.2, 0.25) is 10.0 Å². The van der Waals surface area contributed by atoms with Crippen LogP contribution in [-0.2, 0) is 19.6 Å². The summed E-state index contributed by atoms with van der Waals surface area (Å²) in [6.45, 7) is 3.80. The largest absolute Gasteiger partial charge is 0.389 e. The monoisotopic (exact) mass is 637 g/mol. The molecule has 0 bridgehead atoms. The summed E-state index contributed by atoms with van der Waals surface area (Å²) in [5.74, 6) is 0.0213. The van der Waals surface area contributed by atoms with Gasteiger partial charge in [-0.25, -0.2) is 18.1 Å². The number of likely N-dealkylation sites (N-methyl/N-ethyl adjacent to an activating group) is 1. The van der Waals surface area contributed by atoms with E-state index in [2.05, 4.69) is 5.32 Å². The minimum atomic E-state index is -4.15. The minimum Gasteiger partial charge on any atom is -0.318 e. The van der Waals surface area contributed by atoms with E-state index in [0.717, 1.165) is 10.3 Å². The van der Waals surface area contributed by atoms with Gasteiger partial charge in [-0.2, -0.15) is 17.5 Å². The summed E-state index contributed by atoms with van der Waals surface area (Å²) in [5, 5.41) is 4.04. The van der Waals surface area contributed by atoms with Crippen LogP contribution in [0.4, 0.5) is 23.7 Å². The molecule has 1 N–H and O–H groups in total. The molecule has 5 rings (SSSR count). The predicted molar refractivity (Wildman–Crippen MR) is 159 cm³/mol. The van der Waals surface area contributed by atoms with E-state index in [1.54, 1.807) is 33.0 Å². The van der Waals surface area contributed by atoms with Crippen LogP contribution in [-0.4, -0.2) is 79.7 Å². The zero-order valence-corrected chi connectivity index (χ0v) is 25.9. The molecule has 1 saturated carbocycles. The molecule has 10 nitrogen and oxygen atoms in total. The van der Waals surface area contributed by atoms with E-state index in [-0.39, 0.29) is 62.5 Å². The number of rotatable bonds is 7. The number of benzene rings is 1. The number of amidine groups is 1. The van der Waals surface area contributed by atoms with E-state index in [1.165, 1.54) is 15.3 Å². The molecule has 0 unspecified atom stereocenters. The Hall–Kier alpha value is -3.26. The quantitative estimate of drug-likeness (QED) is 0.442. The van der Waals surface area contributed by atoms with E-state index in [4.69, 9.17) is 4.99 Å². The maximum atomic E-state index is 13.3. The third-order valence-corrected chi connectivity index (χ3v) is 10.9. The third kappa shape index (κ3) is 6.56. The van der Waals surface area contributed by atoms with Gasteiger partial charge in [-0.3, -0.25) is 14.6 Å². The van der Waals surface area contributed by atoms with E-state index in [1.807, 2.05) is 0 Å². The maximum Gasteiger partial charge on any atom is 0.389 e. The Bertz CT molecular complexity index is 1480. The number of sulfonamides is 1. The molecule has 0 aromatic heterocycles. The van der Waals surface area contributed by atoms with Crippen LogP contribution < -0.4 is 10.2 Å². The molecule has 3 aliphatic heterocycles. The highest BCUT2D eigenvalue weighted by atomic mass is 32.2. The highest BCUT2D eigenvalue weighted by Gasteiger charge is 2.48. The smallest absolute Gasteiger partial charge is 0.318 e. The fourth-order valence-corrected chi connectivity index (χ4v) is 7.91. The van der Waals surface area contributed by atoms with Gasteiger partial charge in [-0.1, -0.05) is 0 Å². The molecule has 240 valence electrons. The van der Waals surface area contributed by atoms with Crippen LogP contribution in [0.5, 0.6) is 0 Å². The van der Waals surface area contributed by atoms with Crippen molar-refractivity contribution in [3.05, 3.63) is 34.2 Å². The molecule has 3 fully saturated rings. The van der Waals surface area contributed by atoms with E-state index in [0.29, 0.717) is 53.9 Å². The molecular formula is C30H38F3N5O5S. The number of alkyl halides is 3. The van der Waals surface area contributed by atoms with Crippen molar-refractivity contribution in [1.29, 1.82) is 0 Å². The standard InChI is InChI=1S/C30H38F3N5O5S/c1-19-16-23(38-25(39)18-36(3)28(38)41)17-20(2)24(19)9-15-44(42,43)37-13-11-29(12-14-37)27(40)34-26(35-29)22-6-4-21(5-7-22)8-10-30(31,32)33/h9,15-17,21-22H,4-8,10-14,18H2,1-3H3,(H,34,35,40). The Balaban J connectivity index is 1.20. The van der Waals surface area contributed by atoms with Gasteiger partial charge >= 0.3 is 12.2 Å². The van der Waals surface area contributed by atoms with Crippen molar-refractivity contribution >= 4 is 45.5 Å². The zero-order valence-electron chi connectivity index (χ0n) is 25.1. The van der Waals surface area contributed by atoms with Crippen LogP contribution in [0.2, 0.25) is 0 Å². The lowest BCUT2D eigenvalue weighted by atomic mass is 9.79. The number of halogens is 3. The van der Waals surface area contributed by atoms with Gasteiger partial charge < -0.3 is 10.2 Å². The highest BCUT2D eigenvalue weighted by molar-refractivity contribution is 7.92. The van der Waals surface area contributed by atoms with Crippen LogP contribution in [0.25, 0.3) is 6.08 Å². The lowest BCUT2D eigenvalue weighted by molar-refractivity contribution is -0.138. The molecule has 4 aliphatic rings. The van der Waals surface area contributed by atoms with Crippen molar-refractivity contribution in [2.75, 3.05) is 31.6 Å². The van der Waals surface area contributed by atoms with Crippen LogP contribution in [0, 0.1) is 25.7 Å². The second kappa shape index (κ2) is 11.9. The summed E-state index contributed by atoms with van der Waals surface area (Å²) in [6.07, 6.45) is -0.157. The Morgan fingerprint density at radius 1 is 1.05 bits per heavy atom. The SMILES string of the molecule is Cc1cc(N2C(=O)CN(C)C2=O)cc(C)c1C=CS(=O)(=O)N1CCC2(CC1)N=C(C1CCC(CCC(F)(F)F)CC1)NC2=O. The number of aryl methyl sites for hydroxylation is 2. The van der Waals surface area contributed by atoms with Crippen LogP contribution in [0.15, 0.2) is 22.5 Å². The Labute approximate surface area is 255 Å². The maximum absolute atomic E-state index is 13.3. The number of anilines is 1. The number of hydrogen-bond acceptors (Lipinski definition) is 6. The number of imide groups is 1. The number of carbonyl (C=O) groups is 3. The predicted octanol–water partition coefficient (Wildman–Crippen LogP) is 4.51. The Morgan fingerprint density at radius 2 is 1.66 bits per heavy atom. The first-order chi connectivity index (χ1) is 20.6. The number of nitrogens with one attached hydrogen (secondary N) is 1. The molecule has 2 saturated heterocycles. The Morgan fingerprint density at radius 3 is 2.20 bits per heavy atom. The number of urea groups is 1. The number of aliphatic imine (C=N–C) groups is 1. The first-order valence-electron chi connectivity index (χ1n) is 14.9. The number of hydrogen-bond donors (Lipinski definition) is 1. The second-order valence-electron chi connectivity index (χ2n) is 12.5. The van der Waals surface area contributed by atoms with Crippen LogP contribution >= 0.6 is 0 Å². The molecule has 1 aromatic carbocycles. The summed E-state index contributed by atoms with van der Waals surface area (Å²) in [7, 11) is -2.27. The molecule has 1 spiro atoms. The number of piperidine rings is 1. The lowest BCUT2D eigenvalue weighted by Crippen LogP contribution is -2.50. The van der Waals surface area contributed by atoms with Gasteiger partial charge in [0.25, 0.3) is 11.8 Å². The normalized spacial score (nSPS) is 25.0. The minimum absolute atomic E-state index is 0.00240. The molecule has 3 heterocycles. The second-order valence-corrected chi connectivity index (χ2v) is 14.3. The molecule has 0 atom stereocenters. The van der Waals surface area contributed by atoms with Gasteiger partial charge in [0.1, 0.15) is 17.9 Å². The molecule has 0 radical (unpaired) electrons. The van der Waals surface area contributed by atoms with Gasteiger partial charge in [-0.15, -0.1) is 0 Å². The molecule has 1 aromatic rings. The highest BCUT2D eigenvalue weighted by Crippen LogP contribution is 2.38. The van der Waals surface area contributed by atoms with Crippen LogP contribution in [0.1, 0.15) is 68.1 Å². The van der Waals surface area contributed by atoms with E-state index < -0.39 is 34.2 Å². The third-order valence-electron chi connectivity index (χ3n) is 9.36. The fourth-order valence-electron chi connectivity index (χ4n) is 6.73. The first kappa shape index (κ1) is 32.1. The molecule has 4 amide bonds. The molecule has 44 heavy (non-hydrogen) atoms. The van der Waals surface area contributed by atoms with Gasteiger partial charge in [0.15, 0.2) is 0 Å². The van der Waals surface area contributed by atoms with Crippen LogP contribution in [0.3, 0.4) is 0 Å². The van der Waals surface area contributed by atoms with Gasteiger partial charge in [-0.05, 0) is 99.6 Å². The average Bonchev–Trinajstić information content (AvgIpc) is 3.40. The van der Waals surface area contributed by atoms with E-state index >= 15 is 0 Å². The summed E-state index contributed by atoms with van der Waals surface area (Å²) >= 11 is 0. The number of nitrogens with zero attached hydrogens (tertiary/aromatic N) is 4. The molecule has 14 heteroatoms. The van der Waals surface area contributed by atoms with E-state index in [9.17, 15) is 36.0 Å². The molecule has 1 aliphatic carbocycles. The van der Waals surface area contributed by atoms with Crippen molar-refractivity contribution in [3.8, 4) is 0 Å².